The zero-order valence-corrected chi connectivity index (χ0v) is 19.9. The Morgan fingerprint density at radius 2 is 1.59 bits per heavy atom. The Kier molecular flexibility index (Phi) is 5.42. The highest BCUT2D eigenvalue weighted by Gasteiger charge is 2.65. The lowest BCUT2D eigenvalue weighted by Gasteiger charge is -2.35. The van der Waals surface area contributed by atoms with Crippen molar-refractivity contribution in [2.45, 2.75) is 18.3 Å². The third-order valence-electron chi connectivity index (χ3n) is 7.52. The predicted molar refractivity (Wildman–Crippen MR) is 132 cm³/mol. The van der Waals surface area contributed by atoms with Crippen LogP contribution in [0.25, 0.3) is 6.08 Å². The number of nitro benzene ring substituents is 1. The van der Waals surface area contributed by atoms with Gasteiger partial charge in [0.05, 0.1) is 34.1 Å². The van der Waals surface area contributed by atoms with E-state index in [-0.39, 0.29) is 11.3 Å². The number of rotatable bonds is 4. The molecule has 6 rings (SSSR count). The van der Waals surface area contributed by atoms with E-state index in [1.54, 1.807) is 41.4 Å². The summed E-state index contributed by atoms with van der Waals surface area (Å²) in [5, 5.41) is 11.3. The summed E-state index contributed by atoms with van der Waals surface area (Å²) in [6, 6.07) is 14.3. The average Bonchev–Trinajstić information content (AvgIpc) is 3.40. The van der Waals surface area contributed by atoms with Crippen LogP contribution in [-0.2, 0) is 15.8 Å². The molecule has 3 aromatic rings. The van der Waals surface area contributed by atoms with Gasteiger partial charge in [-0.1, -0.05) is 48.5 Å². The van der Waals surface area contributed by atoms with Crippen molar-refractivity contribution >= 4 is 35.0 Å². The molecule has 3 aliphatic heterocycles. The average molecular weight is 533 g/mol. The molecule has 0 aliphatic carbocycles. The Morgan fingerprint density at radius 3 is 2.33 bits per heavy atom. The van der Waals surface area contributed by atoms with Gasteiger partial charge < -0.3 is 4.90 Å². The van der Waals surface area contributed by atoms with E-state index >= 15 is 0 Å². The highest BCUT2D eigenvalue weighted by molar-refractivity contribution is 6.25. The van der Waals surface area contributed by atoms with E-state index < -0.39 is 63.9 Å². The summed E-state index contributed by atoms with van der Waals surface area (Å²) in [6.45, 7) is 0. The zero-order valence-electron chi connectivity index (χ0n) is 19.9. The minimum Gasteiger partial charge on any atom is -0.358 e. The van der Waals surface area contributed by atoms with Crippen molar-refractivity contribution in [3.8, 4) is 0 Å². The summed E-state index contributed by atoms with van der Waals surface area (Å²) in [4.78, 5) is 54.4. The van der Waals surface area contributed by atoms with E-state index in [0.29, 0.717) is 10.5 Å². The van der Waals surface area contributed by atoms with Crippen molar-refractivity contribution < 1.29 is 32.5 Å². The molecule has 2 fully saturated rings. The predicted octanol–water partition coefficient (Wildman–Crippen LogP) is 5.01. The molecule has 39 heavy (non-hydrogen) atoms. The molecule has 0 spiro atoms. The number of nitrogens with zero attached hydrogens (tertiary/aromatic N) is 3. The lowest BCUT2D eigenvalue weighted by atomic mass is 9.83. The summed E-state index contributed by atoms with van der Waals surface area (Å²) >= 11 is 0. The fourth-order valence-electron chi connectivity index (χ4n) is 5.95. The Labute approximate surface area is 219 Å². The van der Waals surface area contributed by atoms with Crippen LogP contribution < -0.4 is 4.90 Å². The minimum atomic E-state index is -4.83. The fraction of sp³-hybridized carbons (Fsp3) is 0.179. The first-order valence-electron chi connectivity index (χ1n) is 12.0. The molecule has 196 valence electrons. The van der Waals surface area contributed by atoms with E-state index in [1.807, 2.05) is 0 Å². The monoisotopic (exact) mass is 533 g/mol. The van der Waals surface area contributed by atoms with Gasteiger partial charge in [-0.05, 0) is 29.3 Å². The van der Waals surface area contributed by atoms with Gasteiger partial charge in [0.25, 0.3) is 5.69 Å². The molecule has 8 nitrogen and oxygen atoms in total. The lowest BCUT2D eigenvalue weighted by molar-refractivity contribution is -0.384. The van der Waals surface area contributed by atoms with Crippen LogP contribution in [0.1, 0.15) is 33.1 Å². The van der Waals surface area contributed by atoms with Crippen molar-refractivity contribution in [3.05, 3.63) is 111 Å². The summed E-state index contributed by atoms with van der Waals surface area (Å²) < 4.78 is 41.6. The number of hydrogen-bond donors (Lipinski definition) is 0. The number of imide groups is 1. The number of ketones is 1. The van der Waals surface area contributed by atoms with Crippen LogP contribution in [0, 0.1) is 22.0 Å². The van der Waals surface area contributed by atoms with Crippen molar-refractivity contribution in [1.29, 1.82) is 0 Å². The standard InChI is InChI=1S/C28H18F3N3O5/c29-28(30,31)19-10-3-4-11-20(19)33-26(36)21-22(27(33)37)24(25(35)16-7-5-8-17(14-16)34(38)39)32-13-12-15-6-1-2-9-18(15)23(21)32/h1-14,21-24H/t21-,22+,23?,24-/m0/s1. The smallest absolute Gasteiger partial charge is 0.358 e. The summed E-state index contributed by atoms with van der Waals surface area (Å²) in [6.07, 6.45) is -1.51. The maximum Gasteiger partial charge on any atom is 0.418 e. The quantitative estimate of drug-likeness (QED) is 0.202. The molecule has 4 atom stereocenters. The maximum absolute atomic E-state index is 13.9. The minimum absolute atomic E-state index is 0.0461. The number of carbonyl (C=O) groups excluding carboxylic acids is 3. The van der Waals surface area contributed by atoms with Crippen LogP contribution in [0.5, 0.6) is 0 Å². The van der Waals surface area contributed by atoms with Crippen molar-refractivity contribution in [2.75, 3.05) is 4.90 Å². The maximum atomic E-state index is 13.9. The number of Topliss-reactive ketones (excluding diaryl/α,β-unsaturated/α-hetero) is 1. The number of alkyl halides is 3. The van der Waals surface area contributed by atoms with Crippen molar-refractivity contribution in [3.63, 3.8) is 0 Å². The molecule has 2 amide bonds. The van der Waals surface area contributed by atoms with E-state index in [9.17, 15) is 37.7 Å². The van der Waals surface area contributed by atoms with Gasteiger partial charge in [-0.25, -0.2) is 4.90 Å². The number of non-ortho nitro benzene ring substituents is 1. The first kappa shape index (κ1) is 24.5. The third-order valence-corrected chi connectivity index (χ3v) is 7.52. The highest BCUT2D eigenvalue weighted by Crippen LogP contribution is 2.54. The van der Waals surface area contributed by atoms with Gasteiger partial charge >= 0.3 is 6.18 Å². The van der Waals surface area contributed by atoms with Crippen molar-refractivity contribution in [2.24, 2.45) is 11.8 Å². The Hall–Kier alpha value is -4.80. The molecule has 0 aromatic heterocycles. The van der Waals surface area contributed by atoms with E-state index in [0.717, 1.165) is 29.8 Å². The first-order valence-corrected chi connectivity index (χ1v) is 12.0. The first-order chi connectivity index (χ1) is 18.6. The van der Waals surface area contributed by atoms with Gasteiger partial charge in [-0.2, -0.15) is 13.2 Å². The molecule has 0 saturated carbocycles. The largest absolute Gasteiger partial charge is 0.418 e. The number of halogens is 3. The SMILES string of the molecule is O=C(c1cccc([N+](=O)[O-])c1)[C@@H]1[C@@H]2C(=O)N(c3ccccc3C(F)(F)F)C(=O)[C@@H]2C2c3ccccc3C=CN21. The molecule has 1 unspecified atom stereocenters. The van der Waals surface area contributed by atoms with Crippen LogP contribution in [0.2, 0.25) is 0 Å². The Morgan fingerprint density at radius 1 is 0.897 bits per heavy atom. The van der Waals surface area contributed by atoms with Gasteiger partial charge in [0.15, 0.2) is 5.78 Å². The molecule has 11 heteroatoms. The second kappa shape index (κ2) is 8.62. The number of benzene rings is 3. The number of anilines is 1. The summed E-state index contributed by atoms with van der Waals surface area (Å²) in [7, 11) is 0. The molecule has 0 radical (unpaired) electrons. The molecule has 0 N–H and O–H groups in total. The molecule has 0 bridgehead atoms. The fourth-order valence-corrected chi connectivity index (χ4v) is 5.95. The van der Waals surface area contributed by atoms with Gasteiger partial charge in [-0.15, -0.1) is 0 Å². The Balaban J connectivity index is 1.51. The number of nitro groups is 1. The molecular formula is C28H18F3N3O5. The molecule has 3 aliphatic rings. The van der Waals surface area contributed by atoms with Gasteiger partial charge in [-0.3, -0.25) is 24.5 Å². The van der Waals surface area contributed by atoms with Crippen molar-refractivity contribution in [1.82, 2.24) is 4.90 Å². The second-order valence-corrected chi connectivity index (χ2v) is 9.53. The van der Waals surface area contributed by atoms with Crippen LogP contribution in [-0.4, -0.2) is 33.5 Å². The van der Waals surface area contributed by atoms with Crippen LogP contribution in [0.15, 0.2) is 79.0 Å². The number of para-hydroxylation sites is 1. The number of hydrogen-bond acceptors (Lipinski definition) is 6. The van der Waals surface area contributed by atoms with Crippen LogP contribution in [0.4, 0.5) is 24.5 Å². The van der Waals surface area contributed by atoms with Gasteiger partial charge in [0.1, 0.15) is 6.04 Å². The highest BCUT2D eigenvalue weighted by atomic mass is 19.4. The zero-order chi connectivity index (χ0) is 27.6. The molecular weight excluding hydrogens is 515 g/mol. The van der Waals surface area contributed by atoms with Crippen LogP contribution >= 0.6 is 0 Å². The van der Waals surface area contributed by atoms with E-state index in [1.165, 1.54) is 24.3 Å². The topological polar surface area (TPSA) is 101 Å². The van der Waals surface area contributed by atoms with Gasteiger partial charge in [0.2, 0.25) is 11.8 Å². The molecule has 2 saturated heterocycles. The number of amides is 2. The molecule has 3 heterocycles. The summed E-state index contributed by atoms with van der Waals surface area (Å²) in [5.41, 5.74) is -0.723. The number of carbonyl (C=O) groups is 3. The summed E-state index contributed by atoms with van der Waals surface area (Å²) in [5.74, 6) is -4.88. The Bertz CT molecular complexity index is 1600. The van der Waals surface area contributed by atoms with Gasteiger partial charge in [0, 0.05) is 23.9 Å². The normalized spacial score (nSPS) is 23.5. The van der Waals surface area contributed by atoms with E-state index in [2.05, 4.69) is 0 Å². The molecule has 3 aromatic carbocycles. The number of fused-ring (bicyclic) bond motifs is 5. The third kappa shape index (κ3) is 3.64. The van der Waals surface area contributed by atoms with Crippen LogP contribution in [0.3, 0.4) is 0 Å². The van der Waals surface area contributed by atoms with E-state index in [4.69, 9.17) is 0 Å². The second-order valence-electron chi connectivity index (χ2n) is 9.53. The lowest BCUT2D eigenvalue weighted by Crippen LogP contribution is -2.44.